The van der Waals surface area contributed by atoms with Crippen molar-refractivity contribution in [2.45, 2.75) is 51.6 Å². The van der Waals surface area contributed by atoms with E-state index in [0.717, 1.165) is 12.8 Å². The highest BCUT2D eigenvalue weighted by atomic mass is 16.3. The van der Waals surface area contributed by atoms with Crippen LogP contribution < -0.4 is 5.32 Å². The van der Waals surface area contributed by atoms with Gasteiger partial charge in [-0.1, -0.05) is 13.8 Å². The molecular formula is C12H23NO3. The van der Waals surface area contributed by atoms with Crippen molar-refractivity contribution < 1.29 is 15.0 Å². The monoisotopic (exact) mass is 229 g/mol. The van der Waals surface area contributed by atoms with Gasteiger partial charge in [0.15, 0.2) is 0 Å². The van der Waals surface area contributed by atoms with Crippen LogP contribution in [0.2, 0.25) is 0 Å². The van der Waals surface area contributed by atoms with E-state index in [9.17, 15) is 9.90 Å². The van der Waals surface area contributed by atoms with Crippen molar-refractivity contribution >= 4 is 5.91 Å². The van der Waals surface area contributed by atoms with E-state index in [1.807, 2.05) is 13.8 Å². The number of nitrogens with one attached hydrogen (secondary N) is 1. The lowest BCUT2D eigenvalue weighted by molar-refractivity contribution is -0.139. The quantitative estimate of drug-likeness (QED) is 0.653. The Labute approximate surface area is 97.0 Å². The van der Waals surface area contributed by atoms with Gasteiger partial charge in [0.1, 0.15) is 5.60 Å². The van der Waals surface area contributed by atoms with Crippen LogP contribution in [0.5, 0.6) is 0 Å². The topological polar surface area (TPSA) is 69.6 Å². The largest absolute Gasteiger partial charge is 0.396 e. The third-order valence-electron chi connectivity index (χ3n) is 3.37. The van der Waals surface area contributed by atoms with Gasteiger partial charge in [0.05, 0.1) is 0 Å². The highest BCUT2D eigenvalue weighted by Crippen LogP contribution is 2.29. The third kappa shape index (κ3) is 3.46. The maximum atomic E-state index is 11.8. The van der Waals surface area contributed by atoms with Crippen molar-refractivity contribution in [2.75, 3.05) is 13.2 Å². The van der Waals surface area contributed by atoms with E-state index in [4.69, 9.17) is 5.11 Å². The van der Waals surface area contributed by atoms with Gasteiger partial charge in [0, 0.05) is 13.2 Å². The fraction of sp³-hybridized carbons (Fsp3) is 0.917. The molecule has 1 saturated carbocycles. The molecule has 0 heterocycles. The molecule has 1 aliphatic rings. The van der Waals surface area contributed by atoms with E-state index in [1.165, 1.54) is 0 Å². The Bertz CT molecular complexity index is 245. The summed E-state index contributed by atoms with van der Waals surface area (Å²) in [7, 11) is 0. The van der Waals surface area contributed by atoms with E-state index in [2.05, 4.69) is 5.32 Å². The molecule has 0 bridgehead atoms. The zero-order valence-corrected chi connectivity index (χ0v) is 10.3. The predicted molar refractivity (Wildman–Crippen MR) is 61.9 cm³/mol. The van der Waals surface area contributed by atoms with Crippen molar-refractivity contribution in [3.05, 3.63) is 0 Å². The highest BCUT2D eigenvalue weighted by Gasteiger charge is 2.39. The fourth-order valence-electron chi connectivity index (χ4n) is 2.06. The number of aliphatic hydroxyl groups is 2. The normalized spacial score (nSPS) is 19.8. The zero-order chi connectivity index (χ0) is 12.2. The summed E-state index contributed by atoms with van der Waals surface area (Å²) in [6.45, 7) is 4.59. The third-order valence-corrected chi connectivity index (χ3v) is 3.37. The van der Waals surface area contributed by atoms with Gasteiger partial charge in [0.2, 0.25) is 0 Å². The Hall–Kier alpha value is -0.610. The summed E-state index contributed by atoms with van der Waals surface area (Å²) >= 11 is 0. The van der Waals surface area contributed by atoms with E-state index in [-0.39, 0.29) is 17.9 Å². The van der Waals surface area contributed by atoms with Crippen LogP contribution in [0.3, 0.4) is 0 Å². The Kier molecular flexibility index (Phi) is 4.33. The molecule has 1 aliphatic carbocycles. The second kappa shape index (κ2) is 5.15. The standard InChI is InChI=1S/C12H23NO3/c1-11(2,7-8-14)9-13-10(15)12(16)5-3-4-6-12/h14,16H,3-9H2,1-2H3,(H,13,15). The molecule has 0 aromatic heterocycles. The molecule has 0 radical (unpaired) electrons. The summed E-state index contributed by atoms with van der Waals surface area (Å²) in [4.78, 5) is 11.8. The molecule has 0 aliphatic heterocycles. The van der Waals surface area contributed by atoms with E-state index < -0.39 is 5.60 Å². The fourth-order valence-corrected chi connectivity index (χ4v) is 2.06. The minimum absolute atomic E-state index is 0.118. The summed E-state index contributed by atoms with van der Waals surface area (Å²) in [5.74, 6) is -0.254. The van der Waals surface area contributed by atoms with E-state index in [1.54, 1.807) is 0 Å². The first-order valence-electron chi connectivity index (χ1n) is 6.01. The van der Waals surface area contributed by atoms with Gasteiger partial charge in [-0.3, -0.25) is 4.79 Å². The summed E-state index contributed by atoms with van der Waals surface area (Å²) in [5, 5.41) is 21.7. The first-order valence-corrected chi connectivity index (χ1v) is 6.01. The molecule has 0 atom stereocenters. The number of carbonyl (C=O) groups excluding carboxylic acids is 1. The van der Waals surface area contributed by atoms with E-state index in [0.29, 0.717) is 25.8 Å². The molecule has 16 heavy (non-hydrogen) atoms. The van der Waals surface area contributed by atoms with Crippen LogP contribution in [0.15, 0.2) is 0 Å². The van der Waals surface area contributed by atoms with Gasteiger partial charge in [-0.05, 0) is 37.5 Å². The van der Waals surface area contributed by atoms with Crippen molar-refractivity contribution in [2.24, 2.45) is 5.41 Å². The lowest BCUT2D eigenvalue weighted by Gasteiger charge is -2.27. The SMILES string of the molecule is CC(C)(CCO)CNC(=O)C1(O)CCCC1. The van der Waals surface area contributed by atoms with Crippen LogP contribution in [0, 0.1) is 5.41 Å². The van der Waals surface area contributed by atoms with Crippen LogP contribution in [0.1, 0.15) is 46.0 Å². The minimum atomic E-state index is -1.14. The van der Waals surface area contributed by atoms with Crippen molar-refractivity contribution in [3.63, 3.8) is 0 Å². The second-order valence-electron chi connectivity index (χ2n) is 5.56. The van der Waals surface area contributed by atoms with Gasteiger partial charge in [-0.15, -0.1) is 0 Å². The van der Waals surface area contributed by atoms with Crippen LogP contribution >= 0.6 is 0 Å². The zero-order valence-electron chi connectivity index (χ0n) is 10.3. The first-order chi connectivity index (χ1) is 7.40. The van der Waals surface area contributed by atoms with Crippen LogP contribution in [-0.4, -0.2) is 34.9 Å². The number of rotatable bonds is 5. The molecule has 1 rings (SSSR count). The smallest absolute Gasteiger partial charge is 0.251 e. The second-order valence-corrected chi connectivity index (χ2v) is 5.56. The van der Waals surface area contributed by atoms with Crippen LogP contribution in [0.25, 0.3) is 0 Å². The maximum absolute atomic E-state index is 11.8. The predicted octanol–water partition coefficient (Wildman–Crippen LogP) is 0.816. The highest BCUT2D eigenvalue weighted by molar-refractivity contribution is 5.85. The Morgan fingerprint density at radius 3 is 2.44 bits per heavy atom. The Morgan fingerprint density at radius 1 is 1.38 bits per heavy atom. The number of hydrogen-bond acceptors (Lipinski definition) is 3. The van der Waals surface area contributed by atoms with Gasteiger partial charge < -0.3 is 15.5 Å². The molecule has 1 fully saturated rings. The van der Waals surface area contributed by atoms with Crippen molar-refractivity contribution in [1.29, 1.82) is 0 Å². The van der Waals surface area contributed by atoms with Gasteiger partial charge in [-0.25, -0.2) is 0 Å². The average molecular weight is 229 g/mol. The number of hydrogen-bond donors (Lipinski definition) is 3. The molecule has 4 heteroatoms. The van der Waals surface area contributed by atoms with Crippen molar-refractivity contribution in [1.82, 2.24) is 5.32 Å². The van der Waals surface area contributed by atoms with Gasteiger partial charge >= 0.3 is 0 Å². The molecule has 1 amide bonds. The number of carbonyl (C=O) groups is 1. The van der Waals surface area contributed by atoms with E-state index >= 15 is 0 Å². The van der Waals surface area contributed by atoms with Gasteiger partial charge in [-0.2, -0.15) is 0 Å². The molecular weight excluding hydrogens is 206 g/mol. The molecule has 0 aromatic carbocycles. The van der Waals surface area contributed by atoms with Crippen LogP contribution in [-0.2, 0) is 4.79 Å². The summed E-state index contributed by atoms with van der Waals surface area (Å²) in [5.41, 5.74) is -1.27. The van der Waals surface area contributed by atoms with Gasteiger partial charge in [0.25, 0.3) is 5.91 Å². The lowest BCUT2D eigenvalue weighted by atomic mass is 9.89. The molecule has 0 spiro atoms. The van der Waals surface area contributed by atoms with Crippen molar-refractivity contribution in [3.8, 4) is 0 Å². The average Bonchev–Trinajstić information content (AvgIpc) is 2.63. The number of amides is 1. The molecule has 3 N–H and O–H groups in total. The molecule has 94 valence electrons. The molecule has 4 nitrogen and oxygen atoms in total. The number of aliphatic hydroxyl groups excluding tert-OH is 1. The Morgan fingerprint density at radius 2 is 1.94 bits per heavy atom. The Balaban J connectivity index is 2.40. The molecule has 0 unspecified atom stereocenters. The van der Waals surface area contributed by atoms with Crippen LogP contribution in [0.4, 0.5) is 0 Å². The summed E-state index contributed by atoms with van der Waals surface area (Å²) in [6, 6.07) is 0. The maximum Gasteiger partial charge on any atom is 0.251 e. The summed E-state index contributed by atoms with van der Waals surface area (Å²) < 4.78 is 0. The first kappa shape index (κ1) is 13.5. The summed E-state index contributed by atoms with van der Waals surface area (Å²) in [6.07, 6.45) is 3.62. The minimum Gasteiger partial charge on any atom is -0.396 e. The molecule has 0 aromatic rings. The lowest BCUT2D eigenvalue weighted by Crippen LogP contribution is -2.47. The molecule has 0 saturated heterocycles.